The summed E-state index contributed by atoms with van der Waals surface area (Å²) in [6.45, 7) is 7.31. The maximum Gasteiger partial charge on any atom is 0.262 e. The van der Waals surface area contributed by atoms with Crippen LogP contribution < -0.4 is 0 Å². The summed E-state index contributed by atoms with van der Waals surface area (Å²) in [4.78, 5) is 0. The lowest BCUT2D eigenvalue weighted by atomic mass is 9.44. The van der Waals surface area contributed by atoms with E-state index in [0.717, 1.165) is 55.1 Å². The lowest BCUT2D eigenvalue weighted by molar-refractivity contribution is -0.0958. The molecule has 1 aromatic heterocycles. The summed E-state index contributed by atoms with van der Waals surface area (Å²) in [7, 11) is -4.73. The first kappa shape index (κ1) is 21.9. The second-order valence-corrected chi connectivity index (χ2v) is 11.8. The minimum Gasteiger partial charge on any atom is -0.716 e. The predicted molar refractivity (Wildman–Crippen MR) is 114 cm³/mol. The third-order valence-corrected chi connectivity index (χ3v) is 9.18. The van der Waals surface area contributed by atoms with Crippen molar-refractivity contribution in [2.75, 3.05) is 0 Å². The Labute approximate surface area is 181 Å². The van der Waals surface area contributed by atoms with Crippen molar-refractivity contribution >= 4 is 10.4 Å². The molecule has 5 nitrogen and oxygen atoms in total. The Morgan fingerprint density at radius 1 is 1.20 bits per heavy atom. The van der Waals surface area contributed by atoms with Gasteiger partial charge in [-0.05, 0) is 103 Å². The Morgan fingerprint density at radius 3 is 2.70 bits per heavy atom. The van der Waals surface area contributed by atoms with Crippen molar-refractivity contribution in [1.82, 2.24) is 0 Å². The maximum atomic E-state index is 11.1. The zero-order chi connectivity index (χ0) is 21.6. The first-order valence-corrected chi connectivity index (χ1v) is 12.8. The van der Waals surface area contributed by atoms with E-state index in [1.807, 2.05) is 6.07 Å². The Balaban J connectivity index is 1.63. The molecule has 0 amide bonds. The van der Waals surface area contributed by atoms with E-state index < -0.39 is 10.4 Å². The van der Waals surface area contributed by atoms with Crippen LogP contribution in [0.2, 0.25) is 0 Å². The molecule has 3 aliphatic rings. The highest BCUT2D eigenvalue weighted by Gasteiger charge is 2.55. The SMILES string of the molecule is CC1(C)CCC[C@H]2[C@H]1CC[C@@]1(C)[C@@H]2CC/C(=C\OS(=O)(=O)[O-])[C@@H]1CCc1ccoc1. The van der Waals surface area contributed by atoms with Gasteiger partial charge in [0.1, 0.15) is 6.26 Å². The highest BCUT2D eigenvalue weighted by molar-refractivity contribution is 7.80. The monoisotopic (exact) mass is 435 g/mol. The fourth-order valence-electron chi connectivity index (χ4n) is 7.41. The van der Waals surface area contributed by atoms with Crippen LogP contribution in [0.4, 0.5) is 0 Å². The second-order valence-electron chi connectivity index (χ2n) is 10.8. The fraction of sp³-hybridized carbons (Fsp3) is 0.750. The molecule has 3 aliphatic carbocycles. The van der Waals surface area contributed by atoms with Crippen LogP contribution in [0.25, 0.3) is 0 Å². The molecule has 0 radical (unpaired) electrons. The highest BCUT2D eigenvalue weighted by atomic mass is 32.3. The van der Waals surface area contributed by atoms with Crippen molar-refractivity contribution in [3.05, 3.63) is 36.0 Å². The average Bonchev–Trinajstić information content (AvgIpc) is 3.17. The van der Waals surface area contributed by atoms with Crippen molar-refractivity contribution in [1.29, 1.82) is 0 Å². The summed E-state index contributed by atoms with van der Waals surface area (Å²) in [6.07, 6.45) is 14.7. The van der Waals surface area contributed by atoms with E-state index in [1.165, 1.54) is 31.9 Å². The van der Waals surface area contributed by atoms with Crippen molar-refractivity contribution in [3.63, 3.8) is 0 Å². The maximum absolute atomic E-state index is 11.1. The lowest BCUT2D eigenvalue weighted by Gasteiger charge is -2.61. The first-order valence-electron chi connectivity index (χ1n) is 11.4. The molecule has 5 atom stereocenters. The van der Waals surface area contributed by atoms with E-state index in [2.05, 4.69) is 25.0 Å². The zero-order valence-electron chi connectivity index (χ0n) is 18.4. The number of rotatable bonds is 5. The number of furan rings is 1. The number of fused-ring (bicyclic) bond motifs is 3. The Hall–Kier alpha value is -1.27. The summed E-state index contributed by atoms with van der Waals surface area (Å²) in [5.74, 6) is 2.39. The van der Waals surface area contributed by atoms with Gasteiger partial charge in [-0.15, -0.1) is 0 Å². The van der Waals surface area contributed by atoms with Gasteiger partial charge in [-0.1, -0.05) is 27.2 Å². The number of aryl methyl sites for hydroxylation is 1. The number of allylic oxidation sites excluding steroid dienone is 1. The van der Waals surface area contributed by atoms with E-state index in [-0.39, 0.29) is 11.3 Å². The van der Waals surface area contributed by atoms with Crippen molar-refractivity contribution in [2.45, 2.75) is 78.6 Å². The molecule has 0 spiro atoms. The first-order chi connectivity index (χ1) is 14.1. The molecule has 0 bridgehead atoms. The number of hydrogen-bond acceptors (Lipinski definition) is 5. The van der Waals surface area contributed by atoms with Gasteiger partial charge in [0.25, 0.3) is 10.4 Å². The van der Waals surface area contributed by atoms with Gasteiger partial charge < -0.3 is 13.2 Å². The summed E-state index contributed by atoms with van der Waals surface area (Å²) >= 11 is 0. The third kappa shape index (κ3) is 4.22. The highest BCUT2D eigenvalue weighted by Crippen LogP contribution is 2.64. The Bertz CT molecular complexity index is 869. The molecule has 3 saturated carbocycles. The van der Waals surface area contributed by atoms with Crippen LogP contribution in [0.3, 0.4) is 0 Å². The van der Waals surface area contributed by atoms with Crippen LogP contribution in [0.1, 0.15) is 77.7 Å². The van der Waals surface area contributed by atoms with Crippen LogP contribution in [0.5, 0.6) is 0 Å². The minimum absolute atomic E-state index is 0.110. The molecule has 0 N–H and O–H groups in total. The third-order valence-electron chi connectivity index (χ3n) is 8.84. The van der Waals surface area contributed by atoms with E-state index in [9.17, 15) is 13.0 Å². The smallest absolute Gasteiger partial charge is 0.262 e. The van der Waals surface area contributed by atoms with Gasteiger partial charge in [0.05, 0.1) is 12.5 Å². The van der Waals surface area contributed by atoms with Crippen molar-refractivity contribution in [3.8, 4) is 0 Å². The molecular weight excluding hydrogens is 400 g/mol. The Morgan fingerprint density at radius 2 is 2.00 bits per heavy atom. The Kier molecular flexibility index (Phi) is 5.86. The molecule has 0 aliphatic heterocycles. The van der Waals surface area contributed by atoms with Crippen LogP contribution in [0.15, 0.2) is 34.8 Å². The summed E-state index contributed by atoms with van der Waals surface area (Å²) in [5, 5.41) is 0. The number of hydrogen-bond donors (Lipinski definition) is 0. The normalized spacial score (nSPS) is 37.4. The summed E-state index contributed by atoms with van der Waals surface area (Å²) in [5.41, 5.74) is 2.67. The molecule has 1 aromatic rings. The molecule has 0 saturated heterocycles. The van der Waals surface area contributed by atoms with Gasteiger partial charge in [0, 0.05) is 0 Å². The van der Waals surface area contributed by atoms with Crippen LogP contribution in [-0.4, -0.2) is 13.0 Å². The van der Waals surface area contributed by atoms with Crippen molar-refractivity contribution < 1.29 is 21.6 Å². The van der Waals surface area contributed by atoms with Gasteiger partial charge in [-0.2, -0.15) is 0 Å². The minimum atomic E-state index is -4.73. The molecular formula is C24H35O5S-. The average molecular weight is 436 g/mol. The molecule has 0 unspecified atom stereocenters. The lowest BCUT2D eigenvalue weighted by Crippen LogP contribution is -2.53. The molecule has 1 heterocycles. The topological polar surface area (TPSA) is 79.6 Å². The van der Waals surface area contributed by atoms with Crippen LogP contribution in [0, 0.1) is 34.5 Å². The molecule has 3 fully saturated rings. The quantitative estimate of drug-likeness (QED) is 0.330. The summed E-state index contributed by atoms with van der Waals surface area (Å²) in [6, 6.07) is 1.99. The molecule has 4 rings (SSSR count). The van der Waals surface area contributed by atoms with Gasteiger partial charge >= 0.3 is 0 Å². The largest absolute Gasteiger partial charge is 0.716 e. The van der Waals surface area contributed by atoms with E-state index in [4.69, 9.17) is 4.42 Å². The molecule has 6 heteroatoms. The van der Waals surface area contributed by atoms with Gasteiger partial charge in [0.2, 0.25) is 0 Å². The standard InChI is InChI=1S/C24H36O5S/c1-23(2)12-4-5-19-21(23)10-13-24(3)20(8-6-17-11-14-28-15-17)18(7-9-22(19)24)16-29-30(25,26)27/h11,14-16,19-22H,4-10,12-13H2,1-3H3,(H,25,26,27)/p-1/b18-16+/t19-,20-,21+,22+,24+/m0/s1. The van der Waals surface area contributed by atoms with Crippen LogP contribution in [-0.2, 0) is 21.0 Å². The van der Waals surface area contributed by atoms with Gasteiger partial charge in [-0.25, -0.2) is 8.42 Å². The van der Waals surface area contributed by atoms with E-state index in [1.54, 1.807) is 12.5 Å². The second kappa shape index (κ2) is 8.01. The molecule has 168 valence electrons. The van der Waals surface area contributed by atoms with E-state index in [0.29, 0.717) is 11.3 Å². The van der Waals surface area contributed by atoms with E-state index >= 15 is 0 Å². The molecule has 30 heavy (non-hydrogen) atoms. The fourth-order valence-corrected chi connectivity index (χ4v) is 7.65. The summed E-state index contributed by atoms with van der Waals surface area (Å²) < 4.78 is 43.2. The molecule has 0 aromatic carbocycles. The zero-order valence-corrected chi connectivity index (χ0v) is 19.2. The van der Waals surface area contributed by atoms with Crippen LogP contribution >= 0.6 is 0 Å². The van der Waals surface area contributed by atoms with Crippen molar-refractivity contribution in [2.24, 2.45) is 34.5 Å². The van der Waals surface area contributed by atoms with Gasteiger partial charge in [0.15, 0.2) is 0 Å². The predicted octanol–water partition coefficient (Wildman–Crippen LogP) is 5.84. The van der Waals surface area contributed by atoms with Gasteiger partial charge in [-0.3, -0.25) is 0 Å².